The maximum absolute atomic E-state index is 13.0. The number of hydrogen-bond acceptors (Lipinski definition) is 5. The smallest absolute Gasteiger partial charge is 0.410 e. The fraction of sp³-hybridized carbons (Fsp3) is 0.739. The lowest BCUT2D eigenvalue weighted by Gasteiger charge is -2.36. The van der Waals surface area contributed by atoms with Crippen molar-refractivity contribution in [2.45, 2.75) is 70.8 Å². The van der Waals surface area contributed by atoms with Crippen molar-refractivity contribution in [1.29, 1.82) is 0 Å². The molecule has 3 rings (SSSR count). The third kappa shape index (κ3) is 6.16. The summed E-state index contributed by atoms with van der Waals surface area (Å²) in [5.41, 5.74) is -0.477. The van der Waals surface area contributed by atoms with E-state index >= 15 is 0 Å². The molecule has 2 amide bonds. The highest BCUT2D eigenvalue weighted by Crippen LogP contribution is 2.33. The van der Waals surface area contributed by atoms with Crippen LogP contribution < -0.4 is 0 Å². The second-order valence-corrected chi connectivity index (χ2v) is 9.79. The summed E-state index contributed by atoms with van der Waals surface area (Å²) in [5.74, 6) is 2.13. The molecular formula is C23H36N4O3. The van der Waals surface area contributed by atoms with Crippen molar-refractivity contribution >= 4 is 12.0 Å². The Balaban J connectivity index is 1.41. The number of rotatable bonds is 4. The fourth-order valence-electron chi connectivity index (χ4n) is 4.53. The van der Waals surface area contributed by atoms with Crippen LogP contribution in [0.1, 0.15) is 71.0 Å². The van der Waals surface area contributed by atoms with Crippen LogP contribution in [0.4, 0.5) is 4.79 Å². The predicted molar refractivity (Wildman–Crippen MR) is 115 cm³/mol. The Hall–Kier alpha value is -2.18. The van der Waals surface area contributed by atoms with Crippen LogP contribution in [0.25, 0.3) is 0 Å². The van der Waals surface area contributed by atoms with Gasteiger partial charge in [-0.25, -0.2) is 14.8 Å². The number of aromatic nitrogens is 2. The first-order valence-electron chi connectivity index (χ1n) is 11.2. The molecule has 2 fully saturated rings. The van der Waals surface area contributed by atoms with Gasteiger partial charge in [0.2, 0.25) is 5.91 Å². The normalized spacial score (nSPS) is 23.1. The maximum Gasteiger partial charge on any atom is 0.410 e. The lowest BCUT2D eigenvalue weighted by atomic mass is 9.80. The van der Waals surface area contributed by atoms with Crippen LogP contribution in [0.3, 0.4) is 0 Å². The molecule has 0 spiro atoms. The zero-order chi connectivity index (χ0) is 21.7. The van der Waals surface area contributed by atoms with Gasteiger partial charge in [0.1, 0.15) is 11.4 Å². The van der Waals surface area contributed by atoms with Crippen LogP contribution in [-0.2, 0) is 9.53 Å². The van der Waals surface area contributed by atoms with Gasteiger partial charge in [-0.1, -0.05) is 0 Å². The number of piperidine rings is 1. The molecular weight excluding hydrogens is 380 g/mol. The van der Waals surface area contributed by atoms with Gasteiger partial charge < -0.3 is 14.5 Å². The summed E-state index contributed by atoms with van der Waals surface area (Å²) in [6.45, 7) is 7.92. The molecule has 1 saturated carbocycles. The van der Waals surface area contributed by atoms with E-state index in [9.17, 15) is 9.59 Å². The van der Waals surface area contributed by atoms with Crippen molar-refractivity contribution in [3.8, 4) is 0 Å². The molecule has 30 heavy (non-hydrogen) atoms. The highest BCUT2D eigenvalue weighted by molar-refractivity contribution is 5.79. The van der Waals surface area contributed by atoms with Crippen LogP contribution in [-0.4, -0.2) is 64.1 Å². The highest BCUT2D eigenvalue weighted by Gasteiger charge is 2.33. The lowest BCUT2D eigenvalue weighted by Crippen LogP contribution is -2.43. The molecule has 1 aromatic heterocycles. The van der Waals surface area contributed by atoms with Gasteiger partial charge in [0.15, 0.2) is 0 Å². The third-order valence-electron chi connectivity index (χ3n) is 6.19. The zero-order valence-corrected chi connectivity index (χ0v) is 18.8. The summed E-state index contributed by atoms with van der Waals surface area (Å²) in [4.78, 5) is 37.6. The van der Waals surface area contributed by atoms with Crippen molar-refractivity contribution in [3.05, 3.63) is 24.3 Å². The molecule has 0 aromatic carbocycles. The summed E-state index contributed by atoms with van der Waals surface area (Å²) < 4.78 is 5.44. The highest BCUT2D eigenvalue weighted by atomic mass is 16.6. The number of amides is 2. The van der Waals surface area contributed by atoms with Gasteiger partial charge in [0, 0.05) is 50.9 Å². The van der Waals surface area contributed by atoms with Gasteiger partial charge in [-0.15, -0.1) is 0 Å². The molecule has 166 valence electrons. The molecule has 0 bridgehead atoms. The van der Waals surface area contributed by atoms with Gasteiger partial charge in [-0.2, -0.15) is 0 Å². The molecule has 2 heterocycles. The van der Waals surface area contributed by atoms with E-state index in [4.69, 9.17) is 4.74 Å². The number of ether oxygens (including phenoxy) is 1. The minimum absolute atomic E-state index is 0.123. The van der Waals surface area contributed by atoms with Gasteiger partial charge in [-0.05, 0) is 71.3 Å². The van der Waals surface area contributed by atoms with E-state index in [1.165, 1.54) is 0 Å². The van der Waals surface area contributed by atoms with E-state index in [1.54, 1.807) is 24.3 Å². The van der Waals surface area contributed by atoms with Gasteiger partial charge in [0.25, 0.3) is 0 Å². The van der Waals surface area contributed by atoms with E-state index in [1.807, 2.05) is 31.7 Å². The molecule has 7 heteroatoms. The van der Waals surface area contributed by atoms with Crippen LogP contribution in [0.15, 0.2) is 18.5 Å². The Bertz CT molecular complexity index is 703. The Morgan fingerprint density at radius 1 is 1.07 bits per heavy atom. The molecule has 1 aromatic rings. The first-order valence-corrected chi connectivity index (χ1v) is 11.2. The van der Waals surface area contributed by atoms with Crippen LogP contribution in [0.2, 0.25) is 0 Å². The number of carbonyl (C=O) groups is 2. The number of hydrogen-bond donors (Lipinski definition) is 0. The van der Waals surface area contributed by atoms with Gasteiger partial charge in [-0.3, -0.25) is 4.79 Å². The number of likely N-dealkylation sites (tertiary alicyclic amines) is 1. The summed E-state index contributed by atoms with van der Waals surface area (Å²) in [6, 6.07) is 1.84. The Morgan fingerprint density at radius 3 is 2.23 bits per heavy atom. The molecule has 1 aliphatic heterocycles. The molecule has 1 aliphatic carbocycles. The van der Waals surface area contributed by atoms with Crippen LogP contribution >= 0.6 is 0 Å². The molecule has 0 unspecified atom stereocenters. The zero-order valence-electron chi connectivity index (χ0n) is 18.8. The average Bonchev–Trinajstić information content (AvgIpc) is 2.73. The van der Waals surface area contributed by atoms with E-state index in [0.717, 1.165) is 57.4 Å². The minimum Gasteiger partial charge on any atom is -0.444 e. The van der Waals surface area contributed by atoms with Gasteiger partial charge in [0.05, 0.1) is 0 Å². The molecule has 2 aliphatic rings. The van der Waals surface area contributed by atoms with Crippen LogP contribution in [0, 0.1) is 11.8 Å². The van der Waals surface area contributed by atoms with E-state index in [-0.39, 0.29) is 12.0 Å². The summed E-state index contributed by atoms with van der Waals surface area (Å²) in [6.07, 6.45) is 8.97. The quantitative estimate of drug-likeness (QED) is 0.745. The van der Waals surface area contributed by atoms with Crippen molar-refractivity contribution in [2.75, 3.05) is 26.7 Å². The summed E-state index contributed by atoms with van der Waals surface area (Å²) in [7, 11) is 1.80. The van der Waals surface area contributed by atoms with E-state index in [0.29, 0.717) is 24.3 Å². The number of carbonyl (C=O) groups excluding carboxylic acids is 2. The first kappa shape index (κ1) is 22.5. The van der Waals surface area contributed by atoms with Crippen molar-refractivity contribution in [3.63, 3.8) is 0 Å². The Kier molecular flexibility index (Phi) is 7.32. The van der Waals surface area contributed by atoms with Crippen molar-refractivity contribution in [1.82, 2.24) is 19.8 Å². The van der Waals surface area contributed by atoms with Crippen molar-refractivity contribution in [2.24, 2.45) is 11.8 Å². The standard InChI is InChI=1S/C23H36N4O3/c1-23(2,3)30-22(29)26(4)16-17-6-8-19(9-7-17)21(28)27-14-10-18(11-15-27)20-24-12-5-13-25-20/h5,12-13,17-19H,6-11,14-16H2,1-4H3/t17-,19-. The first-order chi connectivity index (χ1) is 14.2. The molecule has 0 N–H and O–H groups in total. The van der Waals surface area contributed by atoms with Gasteiger partial charge >= 0.3 is 6.09 Å². The van der Waals surface area contributed by atoms with Crippen LogP contribution in [0.5, 0.6) is 0 Å². The van der Waals surface area contributed by atoms with E-state index in [2.05, 4.69) is 9.97 Å². The summed E-state index contributed by atoms with van der Waals surface area (Å²) >= 11 is 0. The molecule has 0 atom stereocenters. The lowest BCUT2D eigenvalue weighted by molar-refractivity contribution is -0.138. The Morgan fingerprint density at radius 2 is 1.67 bits per heavy atom. The maximum atomic E-state index is 13.0. The second-order valence-electron chi connectivity index (χ2n) is 9.79. The average molecular weight is 417 g/mol. The largest absolute Gasteiger partial charge is 0.444 e. The SMILES string of the molecule is CN(C[C@H]1CC[C@H](C(=O)N2CCC(c3ncccn3)CC2)CC1)C(=O)OC(C)(C)C. The molecule has 7 nitrogen and oxygen atoms in total. The minimum atomic E-state index is -0.477. The third-order valence-corrected chi connectivity index (χ3v) is 6.19. The fourth-order valence-corrected chi connectivity index (χ4v) is 4.53. The monoisotopic (exact) mass is 416 g/mol. The van der Waals surface area contributed by atoms with E-state index < -0.39 is 5.60 Å². The Labute approximate surface area is 180 Å². The van der Waals surface area contributed by atoms with Crippen molar-refractivity contribution < 1.29 is 14.3 Å². The molecule has 1 saturated heterocycles. The second kappa shape index (κ2) is 9.75. The summed E-state index contributed by atoms with van der Waals surface area (Å²) in [5, 5.41) is 0. The molecule has 0 radical (unpaired) electrons. The predicted octanol–water partition coefficient (Wildman–Crippen LogP) is 3.86. The number of nitrogens with zero attached hydrogens (tertiary/aromatic N) is 4. The topological polar surface area (TPSA) is 75.6 Å².